The zero-order valence-electron chi connectivity index (χ0n) is 8.65. The summed E-state index contributed by atoms with van der Waals surface area (Å²) in [6.45, 7) is 1.68. The maximum absolute atomic E-state index is 10.6. The Hall–Kier alpha value is -2.53. The Bertz CT molecular complexity index is 533. The van der Waals surface area contributed by atoms with Crippen molar-refractivity contribution < 1.29 is 4.92 Å². The Morgan fingerprint density at radius 3 is 2.81 bits per heavy atom. The Kier molecular flexibility index (Phi) is 3.47. The van der Waals surface area contributed by atoms with E-state index in [2.05, 4.69) is 11.8 Å². The van der Waals surface area contributed by atoms with Crippen LogP contribution in [-0.4, -0.2) is 4.92 Å². The summed E-state index contributed by atoms with van der Waals surface area (Å²) in [6, 6.07) is 4.57. The van der Waals surface area contributed by atoms with Crippen molar-refractivity contribution in [2.75, 3.05) is 5.73 Å². The fourth-order valence-corrected chi connectivity index (χ4v) is 1.17. The second-order valence-electron chi connectivity index (χ2n) is 3.12. The lowest BCUT2D eigenvalue weighted by Crippen LogP contribution is -1.97. The number of rotatable bonds is 1. The second kappa shape index (κ2) is 4.81. The molecule has 0 atom stereocenters. The Labute approximate surface area is 92.6 Å². The zero-order chi connectivity index (χ0) is 12.1. The van der Waals surface area contributed by atoms with Crippen LogP contribution in [0, 0.1) is 40.2 Å². The summed E-state index contributed by atoms with van der Waals surface area (Å²) in [5.41, 5.74) is 7.09. The van der Waals surface area contributed by atoms with Crippen molar-refractivity contribution in [2.45, 2.75) is 13.3 Å². The van der Waals surface area contributed by atoms with E-state index in [1.54, 1.807) is 6.92 Å². The third-order valence-electron chi connectivity index (χ3n) is 1.97. The zero-order valence-corrected chi connectivity index (χ0v) is 8.65. The van der Waals surface area contributed by atoms with Crippen LogP contribution in [-0.2, 0) is 0 Å². The van der Waals surface area contributed by atoms with E-state index >= 15 is 0 Å². The van der Waals surface area contributed by atoms with Crippen molar-refractivity contribution in [2.24, 2.45) is 0 Å². The molecule has 1 aromatic carbocycles. The van der Waals surface area contributed by atoms with Crippen molar-refractivity contribution in [3.63, 3.8) is 0 Å². The monoisotopic (exact) mass is 215 g/mol. The van der Waals surface area contributed by atoms with Crippen LogP contribution in [0.1, 0.15) is 17.5 Å². The number of nitrogens with two attached hydrogens (primary N) is 1. The number of hydrogen-bond acceptors (Lipinski definition) is 4. The van der Waals surface area contributed by atoms with Crippen LogP contribution < -0.4 is 5.73 Å². The molecule has 1 rings (SSSR count). The van der Waals surface area contributed by atoms with Gasteiger partial charge in [0.05, 0.1) is 28.7 Å². The van der Waals surface area contributed by atoms with E-state index in [-0.39, 0.29) is 12.1 Å². The minimum absolute atomic E-state index is 0.0482. The summed E-state index contributed by atoms with van der Waals surface area (Å²) in [5, 5.41) is 18.9. The van der Waals surface area contributed by atoms with Crippen LogP contribution in [0.4, 0.5) is 11.4 Å². The Balaban J connectivity index is 3.24. The smallest absolute Gasteiger partial charge is 0.271 e. The number of aryl methyl sites for hydroxylation is 1. The SMILES string of the molecule is Cc1cc([N+](=O)[O-])cc(C#CCC#N)c1N. The quantitative estimate of drug-likeness (QED) is 0.334. The molecule has 1 aromatic rings. The minimum atomic E-state index is -0.498. The summed E-state index contributed by atoms with van der Waals surface area (Å²) >= 11 is 0. The average Bonchev–Trinajstić information content (AvgIpc) is 2.24. The molecule has 0 aliphatic rings. The average molecular weight is 215 g/mol. The van der Waals surface area contributed by atoms with E-state index in [4.69, 9.17) is 11.0 Å². The van der Waals surface area contributed by atoms with Gasteiger partial charge in [0.25, 0.3) is 5.69 Å². The van der Waals surface area contributed by atoms with E-state index < -0.39 is 4.92 Å². The van der Waals surface area contributed by atoms with Gasteiger partial charge in [-0.1, -0.05) is 11.8 Å². The van der Waals surface area contributed by atoms with Crippen molar-refractivity contribution >= 4 is 11.4 Å². The summed E-state index contributed by atoms with van der Waals surface area (Å²) in [7, 11) is 0. The predicted octanol–water partition coefficient (Wildman–Crippen LogP) is 1.75. The van der Waals surface area contributed by atoms with Gasteiger partial charge in [-0.25, -0.2) is 0 Å². The molecule has 0 unspecified atom stereocenters. The molecule has 0 spiro atoms. The molecule has 5 nitrogen and oxygen atoms in total. The third-order valence-corrected chi connectivity index (χ3v) is 1.97. The molecule has 0 aliphatic heterocycles. The van der Waals surface area contributed by atoms with Crippen molar-refractivity contribution in [1.82, 2.24) is 0 Å². The Morgan fingerprint density at radius 2 is 2.25 bits per heavy atom. The van der Waals surface area contributed by atoms with Crippen LogP contribution in [0.3, 0.4) is 0 Å². The largest absolute Gasteiger partial charge is 0.397 e. The maximum Gasteiger partial charge on any atom is 0.271 e. The number of non-ortho nitro benzene ring substituents is 1. The third kappa shape index (κ3) is 2.49. The van der Waals surface area contributed by atoms with Gasteiger partial charge in [0.1, 0.15) is 0 Å². The number of nitrogens with zero attached hydrogens (tertiary/aromatic N) is 2. The minimum Gasteiger partial charge on any atom is -0.397 e. The van der Waals surface area contributed by atoms with Crippen LogP contribution in [0.2, 0.25) is 0 Å². The summed E-state index contributed by atoms with van der Waals surface area (Å²) in [6.07, 6.45) is 0.0706. The van der Waals surface area contributed by atoms with Gasteiger partial charge in [0.2, 0.25) is 0 Å². The topological polar surface area (TPSA) is 93.0 Å². The molecule has 0 aromatic heterocycles. The van der Waals surface area contributed by atoms with E-state index in [0.717, 1.165) is 0 Å². The van der Waals surface area contributed by atoms with Gasteiger partial charge in [-0.05, 0) is 12.5 Å². The molecule has 0 bridgehead atoms. The number of nitriles is 1. The van der Waals surface area contributed by atoms with Gasteiger partial charge < -0.3 is 5.73 Å². The molecule has 0 aliphatic carbocycles. The van der Waals surface area contributed by atoms with Gasteiger partial charge in [-0.3, -0.25) is 10.1 Å². The molecule has 80 valence electrons. The van der Waals surface area contributed by atoms with E-state index in [0.29, 0.717) is 16.8 Å². The highest BCUT2D eigenvalue weighted by molar-refractivity contribution is 5.64. The molecule has 0 amide bonds. The molecule has 16 heavy (non-hydrogen) atoms. The van der Waals surface area contributed by atoms with Crippen molar-refractivity contribution in [3.05, 3.63) is 33.4 Å². The normalized spacial score (nSPS) is 8.75. The number of hydrogen-bond donors (Lipinski definition) is 1. The predicted molar refractivity (Wildman–Crippen MR) is 59.4 cm³/mol. The lowest BCUT2D eigenvalue weighted by Gasteiger charge is -2.02. The standard InChI is InChI=1S/C11H9N3O2/c1-8-6-10(14(15)16)7-9(11(8)13)4-2-3-5-12/h6-7H,3,13H2,1H3. The van der Waals surface area contributed by atoms with Gasteiger partial charge in [0, 0.05) is 12.1 Å². The fourth-order valence-electron chi connectivity index (χ4n) is 1.17. The lowest BCUT2D eigenvalue weighted by molar-refractivity contribution is -0.384. The number of nitrogen functional groups attached to an aromatic ring is 1. The highest BCUT2D eigenvalue weighted by Crippen LogP contribution is 2.23. The van der Waals surface area contributed by atoms with Gasteiger partial charge in [-0.15, -0.1) is 0 Å². The van der Waals surface area contributed by atoms with Crippen LogP contribution in [0.5, 0.6) is 0 Å². The first-order valence-electron chi connectivity index (χ1n) is 4.46. The van der Waals surface area contributed by atoms with Crippen LogP contribution in [0.25, 0.3) is 0 Å². The molecule has 0 radical (unpaired) electrons. The number of nitro benzene ring substituents is 1. The number of nitro groups is 1. The maximum atomic E-state index is 10.6. The Morgan fingerprint density at radius 1 is 1.56 bits per heavy atom. The van der Waals surface area contributed by atoms with Gasteiger partial charge in [0.15, 0.2) is 0 Å². The molecule has 2 N–H and O–H groups in total. The molecular formula is C11H9N3O2. The molecule has 0 fully saturated rings. The molecule has 0 heterocycles. The van der Waals surface area contributed by atoms with Crippen molar-refractivity contribution in [3.8, 4) is 17.9 Å². The first kappa shape index (κ1) is 11.5. The molecule has 0 saturated carbocycles. The van der Waals surface area contributed by atoms with E-state index in [9.17, 15) is 10.1 Å². The highest BCUT2D eigenvalue weighted by atomic mass is 16.6. The van der Waals surface area contributed by atoms with Crippen LogP contribution in [0.15, 0.2) is 12.1 Å². The first-order chi connectivity index (χ1) is 7.56. The number of anilines is 1. The lowest BCUT2D eigenvalue weighted by atomic mass is 10.1. The van der Waals surface area contributed by atoms with Gasteiger partial charge >= 0.3 is 0 Å². The summed E-state index contributed by atoms with van der Waals surface area (Å²) < 4.78 is 0. The van der Waals surface area contributed by atoms with E-state index in [1.165, 1.54) is 12.1 Å². The molecule has 5 heteroatoms. The summed E-state index contributed by atoms with van der Waals surface area (Å²) in [4.78, 5) is 10.1. The molecular weight excluding hydrogens is 206 g/mol. The van der Waals surface area contributed by atoms with E-state index in [1.807, 2.05) is 6.07 Å². The fraction of sp³-hybridized carbons (Fsp3) is 0.182. The second-order valence-corrected chi connectivity index (χ2v) is 3.12. The first-order valence-corrected chi connectivity index (χ1v) is 4.46. The van der Waals surface area contributed by atoms with Gasteiger partial charge in [-0.2, -0.15) is 5.26 Å². The number of benzene rings is 1. The van der Waals surface area contributed by atoms with Crippen molar-refractivity contribution in [1.29, 1.82) is 5.26 Å². The molecule has 0 saturated heterocycles. The summed E-state index contributed by atoms with van der Waals surface area (Å²) in [5.74, 6) is 5.22. The van der Waals surface area contributed by atoms with Crippen LogP contribution >= 0.6 is 0 Å². The highest BCUT2D eigenvalue weighted by Gasteiger charge is 2.10.